The number of halogens is 1. The Balaban J connectivity index is 2.81. The lowest BCUT2D eigenvalue weighted by atomic mass is 10.1. The molecule has 7 heteroatoms. The first kappa shape index (κ1) is 16.9. The van der Waals surface area contributed by atoms with Gasteiger partial charge in [-0.2, -0.15) is 4.72 Å². The van der Waals surface area contributed by atoms with Gasteiger partial charge in [-0.1, -0.05) is 11.6 Å². The number of benzene rings is 1. The number of sulfonamides is 1. The minimum atomic E-state index is -3.75. The first-order valence-corrected chi connectivity index (χ1v) is 7.97. The average Bonchev–Trinajstić information content (AvgIpc) is 2.26. The Bertz CT molecular complexity index is 577. The summed E-state index contributed by atoms with van der Waals surface area (Å²) in [5.41, 5.74) is -0.420. The third-order valence-corrected chi connectivity index (χ3v) is 4.16. The molecule has 0 heterocycles. The van der Waals surface area contributed by atoms with Crippen molar-refractivity contribution < 1.29 is 13.2 Å². The highest BCUT2D eigenvalue weighted by Gasteiger charge is 2.24. The molecule has 0 saturated carbocycles. The van der Waals surface area contributed by atoms with Crippen molar-refractivity contribution in [1.82, 2.24) is 10.0 Å². The highest BCUT2D eigenvalue weighted by atomic mass is 35.5. The van der Waals surface area contributed by atoms with E-state index in [0.717, 1.165) is 0 Å². The zero-order valence-corrected chi connectivity index (χ0v) is 13.5. The van der Waals surface area contributed by atoms with Crippen molar-refractivity contribution in [2.75, 3.05) is 0 Å². The normalized spacial score (nSPS) is 13.8. The van der Waals surface area contributed by atoms with Crippen LogP contribution in [0.2, 0.25) is 5.02 Å². The van der Waals surface area contributed by atoms with Crippen molar-refractivity contribution in [3.05, 3.63) is 29.3 Å². The summed E-state index contributed by atoms with van der Waals surface area (Å²) in [6.45, 7) is 6.97. The standard InChI is InChI=1S/C13H19ClN2O3S/c1-9(12(17)15-13(2,3)4)16-20(18,19)11-7-5-10(14)6-8-11/h5-9,16H,1-4H3,(H,15,17)/t9-/m0/s1. The van der Waals surface area contributed by atoms with Gasteiger partial charge in [-0.05, 0) is 52.0 Å². The lowest BCUT2D eigenvalue weighted by Gasteiger charge is -2.23. The van der Waals surface area contributed by atoms with Crippen LogP contribution in [0.15, 0.2) is 29.2 Å². The van der Waals surface area contributed by atoms with Gasteiger partial charge in [-0.15, -0.1) is 0 Å². The minimum Gasteiger partial charge on any atom is -0.350 e. The molecule has 5 nitrogen and oxygen atoms in total. The topological polar surface area (TPSA) is 75.3 Å². The van der Waals surface area contributed by atoms with Crippen LogP contribution in [0.25, 0.3) is 0 Å². The SMILES string of the molecule is C[C@H](NS(=O)(=O)c1ccc(Cl)cc1)C(=O)NC(C)(C)C. The van der Waals surface area contributed by atoms with E-state index in [1.54, 1.807) is 0 Å². The van der Waals surface area contributed by atoms with Gasteiger partial charge in [0.15, 0.2) is 0 Å². The van der Waals surface area contributed by atoms with Crippen molar-refractivity contribution in [3.63, 3.8) is 0 Å². The van der Waals surface area contributed by atoms with Crippen molar-refractivity contribution in [3.8, 4) is 0 Å². The predicted octanol–water partition coefficient (Wildman–Crippen LogP) is 1.92. The van der Waals surface area contributed by atoms with Crippen molar-refractivity contribution in [2.24, 2.45) is 0 Å². The molecule has 1 atom stereocenters. The van der Waals surface area contributed by atoms with E-state index in [1.165, 1.54) is 31.2 Å². The van der Waals surface area contributed by atoms with Crippen LogP contribution in [0, 0.1) is 0 Å². The largest absolute Gasteiger partial charge is 0.350 e. The van der Waals surface area contributed by atoms with Gasteiger partial charge in [-0.3, -0.25) is 4.79 Å². The fourth-order valence-electron chi connectivity index (χ4n) is 1.45. The Morgan fingerprint density at radius 2 is 1.70 bits per heavy atom. The molecule has 112 valence electrons. The summed E-state index contributed by atoms with van der Waals surface area (Å²) in [6.07, 6.45) is 0. The smallest absolute Gasteiger partial charge is 0.241 e. The molecular formula is C13H19ClN2O3S. The Hall–Kier alpha value is -1.11. The van der Waals surface area contributed by atoms with Crippen LogP contribution < -0.4 is 10.0 Å². The molecule has 0 unspecified atom stereocenters. The fraction of sp³-hybridized carbons (Fsp3) is 0.462. The molecule has 1 amide bonds. The monoisotopic (exact) mass is 318 g/mol. The van der Waals surface area contributed by atoms with Gasteiger partial charge in [0.25, 0.3) is 0 Å². The third-order valence-electron chi connectivity index (χ3n) is 2.35. The fourth-order valence-corrected chi connectivity index (χ4v) is 2.77. The van der Waals surface area contributed by atoms with Crippen LogP contribution in [0.5, 0.6) is 0 Å². The Kier molecular flexibility index (Phi) is 5.18. The molecule has 0 fully saturated rings. The summed E-state index contributed by atoms with van der Waals surface area (Å²) < 4.78 is 26.5. The number of nitrogens with one attached hydrogen (secondary N) is 2. The highest BCUT2D eigenvalue weighted by molar-refractivity contribution is 7.89. The third kappa shape index (κ3) is 5.11. The first-order chi connectivity index (χ1) is 9.01. The molecule has 1 rings (SSSR count). The molecule has 0 aromatic heterocycles. The van der Waals surface area contributed by atoms with E-state index in [4.69, 9.17) is 11.6 Å². The lowest BCUT2D eigenvalue weighted by molar-refractivity contribution is -0.123. The molecule has 0 aliphatic heterocycles. The molecule has 0 spiro atoms. The molecule has 0 radical (unpaired) electrons. The van der Waals surface area contributed by atoms with Crippen LogP contribution in [0.3, 0.4) is 0 Å². The van der Waals surface area contributed by atoms with Crippen LogP contribution in [0.1, 0.15) is 27.7 Å². The number of carbonyl (C=O) groups excluding carboxylic acids is 1. The second kappa shape index (κ2) is 6.11. The molecule has 1 aromatic carbocycles. The number of amides is 1. The summed E-state index contributed by atoms with van der Waals surface area (Å²) in [5.74, 6) is -0.380. The molecule has 0 bridgehead atoms. The van der Waals surface area contributed by atoms with Crippen molar-refractivity contribution in [2.45, 2.75) is 44.2 Å². The average molecular weight is 319 g/mol. The van der Waals surface area contributed by atoms with Gasteiger partial charge in [0.2, 0.25) is 15.9 Å². The number of rotatable bonds is 4. The van der Waals surface area contributed by atoms with E-state index >= 15 is 0 Å². The van der Waals surface area contributed by atoms with E-state index in [1.807, 2.05) is 20.8 Å². The minimum absolute atomic E-state index is 0.0670. The van der Waals surface area contributed by atoms with Gasteiger partial charge >= 0.3 is 0 Å². The summed E-state index contributed by atoms with van der Waals surface area (Å²) >= 11 is 5.71. The Labute approximate surface area is 124 Å². The van der Waals surface area contributed by atoms with Crippen LogP contribution >= 0.6 is 11.6 Å². The molecule has 0 saturated heterocycles. The lowest BCUT2D eigenvalue weighted by Crippen LogP contribution is -2.50. The summed E-state index contributed by atoms with van der Waals surface area (Å²) in [5, 5.41) is 3.16. The molecule has 1 aromatic rings. The van der Waals surface area contributed by atoms with E-state index < -0.39 is 21.6 Å². The van der Waals surface area contributed by atoms with E-state index in [9.17, 15) is 13.2 Å². The molecular weight excluding hydrogens is 300 g/mol. The molecule has 20 heavy (non-hydrogen) atoms. The van der Waals surface area contributed by atoms with E-state index in [-0.39, 0.29) is 10.8 Å². The van der Waals surface area contributed by atoms with Gasteiger partial charge in [0.1, 0.15) is 0 Å². The summed E-state index contributed by atoms with van der Waals surface area (Å²) in [6, 6.07) is 4.87. The van der Waals surface area contributed by atoms with E-state index in [0.29, 0.717) is 5.02 Å². The zero-order valence-electron chi connectivity index (χ0n) is 11.9. The first-order valence-electron chi connectivity index (χ1n) is 6.11. The summed E-state index contributed by atoms with van der Waals surface area (Å²) in [7, 11) is -3.75. The van der Waals surface area contributed by atoms with Crippen LogP contribution in [0.4, 0.5) is 0 Å². The predicted molar refractivity (Wildman–Crippen MR) is 79.1 cm³/mol. The second-order valence-electron chi connectivity index (χ2n) is 5.54. The van der Waals surface area contributed by atoms with Gasteiger partial charge < -0.3 is 5.32 Å². The Morgan fingerprint density at radius 1 is 1.20 bits per heavy atom. The van der Waals surface area contributed by atoms with Crippen molar-refractivity contribution in [1.29, 1.82) is 0 Å². The van der Waals surface area contributed by atoms with E-state index in [2.05, 4.69) is 10.0 Å². The van der Waals surface area contributed by atoms with Gasteiger partial charge in [0, 0.05) is 10.6 Å². The molecule has 2 N–H and O–H groups in total. The summed E-state index contributed by atoms with van der Waals surface area (Å²) in [4.78, 5) is 11.9. The molecule has 0 aliphatic rings. The molecule has 0 aliphatic carbocycles. The number of carbonyl (C=O) groups is 1. The number of hydrogen-bond acceptors (Lipinski definition) is 3. The maximum atomic E-state index is 12.1. The van der Waals surface area contributed by atoms with Crippen molar-refractivity contribution >= 4 is 27.5 Å². The maximum absolute atomic E-state index is 12.1. The van der Waals surface area contributed by atoms with Crippen LogP contribution in [-0.2, 0) is 14.8 Å². The maximum Gasteiger partial charge on any atom is 0.241 e. The zero-order chi connectivity index (χ0) is 15.6. The van der Waals surface area contributed by atoms with Gasteiger partial charge in [-0.25, -0.2) is 8.42 Å². The van der Waals surface area contributed by atoms with Crippen LogP contribution in [-0.4, -0.2) is 25.9 Å². The Morgan fingerprint density at radius 3 is 2.15 bits per heavy atom. The highest BCUT2D eigenvalue weighted by Crippen LogP contribution is 2.14. The quantitative estimate of drug-likeness (QED) is 0.890. The van der Waals surface area contributed by atoms with Gasteiger partial charge in [0.05, 0.1) is 10.9 Å². The number of hydrogen-bond donors (Lipinski definition) is 2. The second-order valence-corrected chi connectivity index (χ2v) is 7.69.